The zero-order valence-corrected chi connectivity index (χ0v) is 13.4. The molecule has 0 saturated carbocycles. The van der Waals surface area contributed by atoms with E-state index in [-0.39, 0.29) is 22.7 Å². The van der Waals surface area contributed by atoms with Gasteiger partial charge in [-0.2, -0.15) is 0 Å². The van der Waals surface area contributed by atoms with E-state index in [1.807, 2.05) is 6.92 Å². The minimum absolute atomic E-state index is 0.0446. The van der Waals surface area contributed by atoms with Crippen LogP contribution in [0.4, 0.5) is 5.69 Å². The number of carbonyl (C=O) groups is 2. The predicted molar refractivity (Wildman–Crippen MR) is 79.6 cm³/mol. The van der Waals surface area contributed by atoms with Gasteiger partial charge >= 0.3 is 11.9 Å². The number of methoxy groups -OCH3 is 1. The van der Waals surface area contributed by atoms with E-state index in [0.29, 0.717) is 12.8 Å². The monoisotopic (exact) mass is 339 g/mol. The van der Waals surface area contributed by atoms with E-state index >= 15 is 0 Å². The van der Waals surface area contributed by atoms with Crippen molar-refractivity contribution >= 4 is 17.6 Å². The molecule has 0 saturated heterocycles. The topological polar surface area (TPSA) is 114 Å². The number of carbonyl (C=O) groups excluding carboxylic acids is 2. The number of cyclic esters (lactones) is 1. The summed E-state index contributed by atoms with van der Waals surface area (Å²) < 4.78 is 21.0. The molecular formula is C15H17NO8. The van der Waals surface area contributed by atoms with Crippen molar-refractivity contribution in [2.75, 3.05) is 7.11 Å². The van der Waals surface area contributed by atoms with Crippen LogP contribution in [0.2, 0.25) is 0 Å². The van der Waals surface area contributed by atoms with E-state index in [0.717, 1.165) is 13.0 Å². The lowest BCUT2D eigenvalue weighted by Crippen LogP contribution is -2.28. The maximum atomic E-state index is 12.2. The van der Waals surface area contributed by atoms with Crippen molar-refractivity contribution in [2.45, 2.75) is 39.1 Å². The molecule has 2 rings (SSSR count). The number of hydrogen-bond acceptors (Lipinski definition) is 8. The van der Waals surface area contributed by atoms with Gasteiger partial charge in [-0.3, -0.25) is 14.9 Å². The van der Waals surface area contributed by atoms with Crippen LogP contribution < -0.4 is 9.47 Å². The summed E-state index contributed by atoms with van der Waals surface area (Å²) in [4.78, 5) is 33.9. The molecule has 24 heavy (non-hydrogen) atoms. The van der Waals surface area contributed by atoms with Crippen LogP contribution in [0.5, 0.6) is 11.5 Å². The molecule has 0 amide bonds. The third-order valence-electron chi connectivity index (χ3n) is 3.32. The van der Waals surface area contributed by atoms with Crippen molar-refractivity contribution in [3.05, 3.63) is 27.8 Å². The largest absolute Gasteiger partial charge is 0.493 e. The number of nitro benzene ring substituents is 1. The lowest BCUT2D eigenvalue weighted by atomic mass is 10.1. The number of benzene rings is 1. The van der Waals surface area contributed by atoms with Crippen LogP contribution in [0.15, 0.2) is 12.1 Å². The summed E-state index contributed by atoms with van der Waals surface area (Å²) in [6.45, 7) is 3.00. The SMILES string of the molecule is CCCC1Oc2c(OC)cc([N+](=O)[O-])cc2C(OC(C)=O)OC1=O. The number of nitrogens with zero attached hydrogens (tertiary/aromatic N) is 1. The molecule has 0 spiro atoms. The van der Waals surface area contributed by atoms with E-state index in [4.69, 9.17) is 18.9 Å². The Hall–Kier alpha value is -2.84. The minimum Gasteiger partial charge on any atom is -0.493 e. The Balaban J connectivity index is 2.60. The summed E-state index contributed by atoms with van der Waals surface area (Å²) in [5.74, 6) is -1.29. The van der Waals surface area contributed by atoms with Gasteiger partial charge < -0.3 is 18.9 Å². The first-order valence-electron chi connectivity index (χ1n) is 7.28. The highest BCUT2D eigenvalue weighted by molar-refractivity contribution is 5.77. The van der Waals surface area contributed by atoms with Gasteiger partial charge in [-0.05, 0) is 6.42 Å². The summed E-state index contributed by atoms with van der Waals surface area (Å²) in [6.07, 6.45) is -1.36. The number of fused-ring (bicyclic) bond motifs is 1. The van der Waals surface area contributed by atoms with Crippen molar-refractivity contribution in [1.82, 2.24) is 0 Å². The minimum atomic E-state index is -1.44. The fourth-order valence-electron chi connectivity index (χ4n) is 2.28. The molecular weight excluding hydrogens is 322 g/mol. The first-order valence-corrected chi connectivity index (χ1v) is 7.28. The van der Waals surface area contributed by atoms with Crippen LogP contribution in [0.1, 0.15) is 38.5 Å². The lowest BCUT2D eigenvalue weighted by molar-refractivity contribution is -0.385. The highest BCUT2D eigenvalue weighted by Crippen LogP contribution is 2.43. The number of ether oxygens (including phenoxy) is 4. The Morgan fingerprint density at radius 2 is 2.08 bits per heavy atom. The third-order valence-corrected chi connectivity index (χ3v) is 3.32. The quantitative estimate of drug-likeness (QED) is 0.456. The molecule has 0 aromatic heterocycles. The first kappa shape index (κ1) is 17.5. The summed E-state index contributed by atoms with van der Waals surface area (Å²) in [7, 11) is 1.31. The molecule has 9 heteroatoms. The average Bonchev–Trinajstić information content (AvgIpc) is 2.64. The number of esters is 2. The van der Waals surface area contributed by atoms with Crippen molar-refractivity contribution in [2.24, 2.45) is 0 Å². The van der Waals surface area contributed by atoms with Gasteiger partial charge in [-0.25, -0.2) is 4.79 Å². The van der Waals surface area contributed by atoms with Gasteiger partial charge in [0.1, 0.15) is 0 Å². The maximum Gasteiger partial charge on any atom is 0.350 e. The molecule has 0 bridgehead atoms. The zero-order valence-electron chi connectivity index (χ0n) is 13.4. The molecule has 1 aliphatic rings. The second-order valence-corrected chi connectivity index (χ2v) is 5.10. The molecule has 2 atom stereocenters. The molecule has 1 aliphatic heterocycles. The summed E-state index contributed by atoms with van der Waals surface area (Å²) in [6, 6.07) is 2.30. The molecule has 1 aromatic carbocycles. The number of nitro groups is 1. The van der Waals surface area contributed by atoms with Gasteiger partial charge in [-0.1, -0.05) is 13.3 Å². The Labute approximate surface area is 137 Å². The average molecular weight is 339 g/mol. The molecule has 0 N–H and O–H groups in total. The normalized spacial score (nSPS) is 19.4. The number of rotatable bonds is 5. The smallest absolute Gasteiger partial charge is 0.350 e. The van der Waals surface area contributed by atoms with E-state index in [9.17, 15) is 19.7 Å². The van der Waals surface area contributed by atoms with Gasteiger partial charge in [0.25, 0.3) is 12.0 Å². The molecule has 2 unspecified atom stereocenters. The third kappa shape index (κ3) is 3.55. The fourth-order valence-corrected chi connectivity index (χ4v) is 2.28. The molecule has 130 valence electrons. The van der Waals surface area contributed by atoms with Crippen LogP contribution in [0, 0.1) is 10.1 Å². The van der Waals surface area contributed by atoms with Crippen molar-refractivity contribution < 1.29 is 33.5 Å². The van der Waals surface area contributed by atoms with E-state index in [1.165, 1.54) is 13.2 Å². The van der Waals surface area contributed by atoms with Gasteiger partial charge in [0.05, 0.1) is 23.7 Å². The van der Waals surface area contributed by atoms with Crippen LogP contribution in [-0.4, -0.2) is 30.1 Å². The van der Waals surface area contributed by atoms with E-state index in [2.05, 4.69) is 0 Å². The summed E-state index contributed by atoms with van der Waals surface area (Å²) >= 11 is 0. The Morgan fingerprint density at radius 1 is 1.38 bits per heavy atom. The lowest BCUT2D eigenvalue weighted by Gasteiger charge is -2.17. The Bertz CT molecular complexity index is 672. The maximum absolute atomic E-state index is 12.2. The molecule has 9 nitrogen and oxygen atoms in total. The van der Waals surface area contributed by atoms with Crippen molar-refractivity contribution in [1.29, 1.82) is 0 Å². The highest BCUT2D eigenvalue weighted by Gasteiger charge is 2.37. The van der Waals surface area contributed by atoms with Crippen molar-refractivity contribution in [3.8, 4) is 11.5 Å². The molecule has 0 fully saturated rings. The number of hydrogen-bond donors (Lipinski definition) is 0. The summed E-state index contributed by atoms with van der Waals surface area (Å²) in [5, 5.41) is 11.1. The van der Waals surface area contributed by atoms with Gasteiger partial charge in [0, 0.05) is 13.0 Å². The predicted octanol–water partition coefficient (Wildman–Crippen LogP) is 2.27. The standard InChI is InChI=1S/C15H17NO8/c1-4-5-11-14(18)24-15(22-8(2)17)10-6-9(16(19)20)7-12(21-3)13(10)23-11/h6-7,11,15H,4-5H2,1-3H3. The Morgan fingerprint density at radius 3 is 2.62 bits per heavy atom. The fraction of sp³-hybridized carbons (Fsp3) is 0.467. The van der Waals surface area contributed by atoms with Crippen LogP contribution in [0.25, 0.3) is 0 Å². The second-order valence-electron chi connectivity index (χ2n) is 5.10. The van der Waals surface area contributed by atoms with Gasteiger partial charge in [-0.15, -0.1) is 0 Å². The molecule has 1 aromatic rings. The van der Waals surface area contributed by atoms with Gasteiger partial charge in [0.15, 0.2) is 17.6 Å². The summed E-state index contributed by atoms with van der Waals surface area (Å²) in [5.41, 5.74) is -0.264. The molecule has 0 aliphatic carbocycles. The molecule has 0 radical (unpaired) electrons. The van der Waals surface area contributed by atoms with Crippen LogP contribution >= 0.6 is 0 Å². The van der Waals surface area contributed by atoms with E-state index in [1.54, 1.807) is 0 Å². The second kappa shape index (κ2) is 7.16. The number of non-ortho nitro benzene ring substituents is 1. The van der Waals surface area contributed by atoms with Crippen LogP contribution in [0.3, 0.4) is 0 Å². The Kier molecular flexibility index (Phi) is 5.22. The van der Waals surface area contributed by atoms with Crippen LogP contribution in [-0.2, 0) is 19.1 Å². The first-order chi connectivity index (χ1) is 11.4. The zero-order chi connectivity index (χ0) is 17.9. The highest BCUT2D eigenvalue weighted by atomic mass is 16.7. The van der Waals surface area contributed by atoms with E-state index < -0.39 is 29.3 Å². The molecule has 1 heterocycles. The van der Waals surface area contributed by atoms with Gasteiger partial charge in [0.2, 0.25) is 0 Å². The van der Waals surface area contributed by atoms with Crippen molar-refractivity contribution in [3.63, 3.8) is 0 Å².